The van der Waals surface area contributed by atoms with E-state index in [1.54, 1.807) is 0 Å². The van der Waals surface area contributed by atoms with E-state index in [1.165, 1.54) is 28.7 Å². The summed E-state index contributed by atoms with van der Waals surface area (Å²) in [4.78, 5) is 0. The molecule has 0 aromatic heterocycles. The van der Waals surface area contributed by atoms with E-state index < -0.39 is 0 Å². The molecular weight excluding hydrogens is 204 g/mol. The molecule has 0 saturated carbocycles. The second-order valence-corrected chi connectivity index (χ2v) is 6.20. The molecule has 0 radical (unpaired) electrons. The molecule has 0 aromatic rings. The van der Waals surface area contributed by atoms with Gasteiger partial charge >= 0.3 is 0 Å². The number of fused-ring (bicyclic) bond motifs is 1. The first-order chi connectivity index (χ1) is 7.95. The minimum atomic E-state index is 0.205. The van der Waals surface area contributed by atoms with Gasteiger partial charge in [0.15, 0.2) is 0 Å². The summed E-state index contributed by atoms with van der Waals surface area (Å²) < 4.78 is 0. The van der Waals surface area contributed by atoms with Crippen molar-refractivity contribution in [2.75, 3.05) is 0 Å². The van der Waals surface area contributed by atoms with Gasteiger partial charge < -0.3 is 0 Å². The van der Waals surface area contributed by atoms with Crippen molar-refractivity contribution < 1.29 is 0 Å². The van der Waals surface area contributed by atoms with Gasteiger partial charge in [-0.3, -0.25) is 0 Å². The van der Waals surface area contributed by atoms with E-state index in [-0.39, 0.29) is 10.8 Å². The highest BCUT2D eigenvalue weighted by Gasteiger charge is 2.45. The molecule has 0 saturated heterocycles. The fraction of sp³-hybridized carbons (Fsp3) is 0.412. The molecule has 0 heterocycles. The summed E-state index contributed by atoms with van der Waals surface area (Å²) in [5.41, 5.74) is 6.28. The molecule has 0 amide bonds. The van der Waals surface area contributed by atoms with Crippen LogP contribution in [0, 0.1) is 10.8 Å². The zero-order valence-electron chi connectivity index (χ0n) is 11.2. The van der Waals surface area contributed by atoms with Crippen LogP contribution in [0.4, 0.5) is 0 Å². The summed E-state index contributed by atoms with van der Waals surface area (Å²) in [6.45, 7) is 9.21. The van der Waals surface area contributed by atoms with Gasteiger partial charge in [0.1, 0.15) is 0 Å². The molecule has 88 valence electrons. The maximum Gasteiger partial charge on any atom is 0.0185 e. The number of rotatable bonds is 0. The Balaban J connectivity index is 2.31. The molecule has 0 spiro atoms. The van der Waals surface area contributed by atoms with Crippen LogP contribution in [-0.2, 0) is 0 Å². The second kappa shape index (κ2) is 3.13. The van der Waals surface area contributed by atoms with Crippen molar-refractivity contribution in [2.24, 2.45) is 10.8 Å². The predicted octanol–water partition coefficient (Wildman–Crippen LogP) is 4.73. The molecule has 0 fully saturated rings. The summed E-state index contributed by atoms with van der Waals surface area (Å²) in [5, 5.41) is 0. The van der Waals surface area contributed by atoms with Gasteiger partial charge in [-0.1, -0.05) is 50.3 Å². The van der Waals surface area contributed by atoms with Crippen molar-refractivity contribution in [1.29, 1.82) is 0 Å². The van der Waals surface area contributed by atoms with Crippen LogP contribution in [0.1, 0.15) is 34.1 Å². The zero-order chi connectivity index (χ0) is 12.3. The number of allylic oxidation sites excluding steroid dienone is 10. The van der Waals surface area contributed by atoms with Gasteiger partial charge in [-0.15, -0.1) is 0 Å². The summed E-state index contributed by atoms with van der Waals surface area (Å²) in [7, 11) is 0. The highest BCUT2D eigenvalue weighted by atomic mass is 14.5. The Bertz CT molecular complexity index is 536. The Kier molecular flexibility index (Phi) is 1.99. The van der Waals surface area contributed by atoms with Crippen molar-refractivity contribution >= 4 is 0 Å². The predicted molar refractivity (Wildman–Crippen MR) is 73.7 cm³/mol. The van der Waals surface area contributed by atoms with Gasteiger partial charge in [-0.05, 0) is 42.6 Å². The van der Waals surface area contributed by atoms with Crippen LogP contribution in [0.25, 0.3) is 0 Å². The lowest BCUT2D eigenvalue weighted by Crippen LogP contribution is -2.21. The maximum atomic E-state index is 2.46. The minimum absolute atomic E-state index is 0.205. The van der Waals surface area contributed by atoms with Crippen LogP contribution in [-0.4, -0.2) is 0 Å². The average Bonchev–Trinajstić information content (AvgIpc) is 2.37. The van der Waals surface area contributed by atoms with Crippen molar-refractivity contribution in [3.05, 3.63) is 58.7 Å². The van der Waals surface area contributed by atoms with Gasteiger partial charge in [-0.25, -0.2) is 0 Å². The second-order valence-electron chi connectivity index (χ2n) is 6.20. The first-order valence-electron chi connectivity index (χ1n) is 6.44. The van der Waals surface area contributed by atoms with Crippen LogP contribution >= 0.6 is 0 Å². The topological polar surface area (TPSA) is 0 Å². The molecule has 17 heavy (non-hydrogen) atoms. The third-order valence-corrected chi connectivity index (χ3v) is 4.70. The molecule has 3 rings (SSSR count). The van der Waals surface area contributed by atoms with Gasteiger partial charge in [0.2, 0.25) is 0 Å². The number of hydrogen-bond donors (Lipinski definition) is 0. The first kappa shape index (κ1) is 10.8. The van der Waals surface area contributed by atoms with Crippen molar-refractivity contribution in [3.8, 4) is 0 Å². The lowest BCUT2D eigenvalue weighted by Gasteiger charge is -2.31. The summed E-state index contributed by atoms with van der Waals surface area (Å²) in [5.74, 6) is 0. The molecule has 3 aliphatic rings. The largest absolute Gasteiger partial charge is 0.0747 e. The molecule has 0 aliphatic heterocycles. The van der Waals surface area contributed by atoms with Gasteiger partial charge in [0.05, 0.1) is 0 Å². The Morgan fingerprint density at radius 3 is 2.65 bits per heavy atom. The normalized spacial score (nSPS) is 38.8. The maximum absolute atomic E-state index is 2.46. The molecule has 3 aliphatic carbocycles. The minimum Gasteiger partial charge on any atom is -0.0747 e. The Morgan fingerprint density at radius 1 is 1.12 bits per heavy atom. The van der Waals surface area contributed by atoms with E-state index in [9.17, 15) is 0 Å². The Hall–Kier alpha value is -1.30. The van der Waals surface area contributed by atoms with Crippen LogP contribution in [0.2, 0.25) is 0 Å². The van der Waals surface area contributed by atoms with Crippen molar-refractivity contribution in [3.63, 3.8) is 0 Å². The van der Waals surface area contributed by atoms with E-state index in [4.69, 9.17) is 0 Å². The highest BCUT2D eigenvalue weighted by molar-refractivity contribution is 5.57. The summed E-state index contributed by atoms with van der Waals surface area (Å²) >= 11 is 0. The SMILES string of the molecule is CC1=C(C)C2=CC=CC3(C)C=C(C=C1)C2(C)C3. The first-order valence-corrected chi connectivity index (χ1v) is 6.44. The van der Waals surface area contributed by atoms with Gasteiger partial charge in [-0.2, -0.15) is 0 Å². The van der Waals surface area contributed by atoms with E-state index in [2.05, 4.69) is 64.2 Å². The average molecular weight is 224 g/mol. The Morgan fingerprint density at radius 2 is 1.88 bits per heavy atom. The third-order valence-electron chi connectivity index (χ3n) is 4.70. The molecular formula is C17H20. The zero-order valence-corrected chi connectivity index (χ0v) is 11.2. The molecule has 0 aromatic carbocycles. The molecule has 0 N–H and O–H groups in total. The van der Waals surface area contributed by atoms with E-state index in [0.29, 0.717) is 0 Å². The molecule has 0 heteroatoms. The van der Waals surface area contributed by atoms with Gasteiger partial charge in [0, 0.05) is 10.8 Å². The van der Waals surface area contributed by atoms with Crippen LogP contribution in [0.15, 0.2) is 58.7 Å². The molecule has 0 nitrogen and oxygen atoms in total. The van der Waals surface area contributed by atoms with Crippen LogP contribution < -0.4 is 0 Å². The fourth-order valence-corrected chi connectivity index (χ4v) is 3.66. The quantitative estimate of drug-likeness (QED) is 0.558. The van der Waals surface area contributed by atoms with E-state index in [1.807, 2.05) is 0 Å². The lowest BCUT2D eigenvalue weighted by molar-refractivity contribution is 0.385. The summed E-state index contributed by atoms with van der Waals surface area (Å²) in [6.07, 6.45) is 15.2. The number of hydrogen-bond acceptors (Lipinski definition) is 0. The van der Waals surface area contributed by atoms with Crippen LogP contribution in [0.5, 0.6) is 0 Å². The fourth-order valence-electron chi connectivity index (χ4n) is 3.66. The van der Waals surface area contributed by atoms with E-state index in [0.717, 1.165) is 0 Å². The van der Waals surface area contributed by atoms with E-state index >= 15 is 0 Å². The monoisotopic (exact) mass is 224 g/mol. The lowest BCUT2D eigenvalue weighted by atomic mass is 9.72. The van der Waals surface area contributed by atoms with Gasteiger partial charge in [0.25, 0.3) is 0 Å². The summed E-state index contributed by atoms with van der Waals surface area (Å²) in [6, 6.07) is 0. The van der Waals surface area contributed by atoms with Crippen LogP contribution in [0.3, 0.4) is 0 Å². The third kappa shape index (κ3) is 1.36. The smallest absolute Gasteiger partial charge is 0.0185 e. The van der Waals surface area contributed by atoms with Crippen molar-refractivity contribution in [1.82, 2.24) is 0 Å². The Labute approximate surface area is 104 Å². The molecule has 2 bridgehead atoms. The highest BCUT2D eigenvalue weighted by Crippen LogP contribution is 2.57. The standard InChI is InChI=1S/C17H20/c1-12-7-8-14-10-16(3)9-5-6-15(13(12)2)17(14,4)11-16/h5-10H,11H2,1-4H3. The van der Waals surface area contributed by atoms with Crippen molar-refractivity contribution in [2.45, 2.75) is 34.1 Å². The molecule has 2 atom stereocenters. The molecule has 2 unspecified atom stereocenters.